The monoisotopic (exact) mass is 416 g/mol. The smallest absolute Gasteiger partial charge is 0.191 e. The van der Waals surface area contributed by atoms with Gasteiger partial charge in [-0.2, -0.15) is 0 Å². The van der Waals surface area contributed by atoms with Crippen molar-refractivity contribution in [1.29, 1.82) is 0 Å². The number of guanidine groups is 1. The van der Waals surface area contributed by atoms with Gasteiger partial charge in [0.05, 0.1) is 23.4 Å². The minimum Gasteiger partial charge on any atom is -0.491 e. The molecule has 1 aromatic heterocycles. The highest BCUT2D eigenvalue weighted by atomic mass is 32.1. The molecule has 158 valence electrons. The molecule has 2 aromatic rings. The molecule has 0 amide bonds. The normalized spacial score (nSPS) is 17.0. The maximum absolute atomic E-state index is 6.09. The Labute approximate surface area is 177 Å². The average molecular weight is 417 g/mol. The van der Waals surface area contributed by atoms with Crippen LogP contribution in [0, 0.1) is 6.92 Å². The molecule has 3 rings (SSSR count). The number of hydrogen-bond acceptors (Lipinski definition) is 5. The number of aromatic nitrogens is 1. The van der Waals surface area contributed by atoms with Crippen LogP contribution < -0.4 is 15.4 Å². The first-order chi connectivity index (χ1) is 14.0. The first kappa shape index (κ1) is 21.6. The van der Waals surface area contributed by atoms with Gasteiger partial charge in [0.2, 0.25) is 0 Å². The van der Waals surface area contributed by atoms with Crippen LogP contribution in [0.25, 0.3) is 0 Å². The highest BCUT2D eigenvalue weighted by molar-refractivity contribution is 7.09. The number of hydrogen-bond donors (Lipinski definition) is 2. The Morgan fingerprint density at radius 3 is 2.86 bits per heavy atom. The summed E-state index contributed by atoms with van der Waals surface area (Å²) >= 11 is 1.71. The van der Waals surface area contributed by atoms with Crippen molar-refractivity contribution in [3.05, 3.63) is 45.4 Å². The topological polar surface area (TPSA) is 67.8 Å². The molecule has 1 fully saturated rings. The molecule has 2 N–H and O–H groups in total. The fourth-order valence-corrected chi connectivity index (χ4v) is 3.98. The minimum absolute atomic E-state index is 0.208. The number of nitrogens with one attached hydrogen (secondary N) is 2. The second kappa shape index (κ2) is 10.6. The third-order valence-electron chi connectivity index (χ3n) is 4.84. The number of benzene rings is 1. The van der Waals surface area contributed by atoms with E-state index in [0.29, 0.717) is 25.6 Å². The molecule has 0 saturated carbocycles. The van der Waals surface area contributed by atoms with Gasteiger partial charge in [0, 0.05) is 37.1 Å². The summed E-state index contributed by atoms with van der Waals surface area (Å²) in [6.45, 7) is 9.14. The van der Waals surface area contributed by atoms with Gasteiger partial charge in [-0.3, -0.25) is 4.99 Å². The Balaban J connectivity index is 1.54. The Morgan fingerprint density at radius 2 is 2.17 bits per heavy atom. The zero-order valence-corrected chi connectivity index (χ0v) is 18.6. The van der Waals surface area contributed by atoms with E-state index >= 15 is 0 Å². The standard InChI is InChI=1S/C22H32N4O2S/c1-15(2)21-26-18(14-29-21)12-25-22(23-4)24-11-17-8-7-16(3)10-20(17)28-13-19-6-5-9-27-19/h7-8,10,14-15,19H,5-6,9,11-13H2,1-4H3,(H2,23,24,25). The van der Waals surface area contributed by atoms with E-state index in [1.54, 1.807) is 18.4 Å². The largest absolute Gasteiger partial charge is 0.491 e. The summed E-state index contributed by atoms with van der Waals surface area (Å²) in [6, 6.07) is 6.30. The van der Waals surface area contributed by atoms with Crippen molar-refractivity contribution in [2.45, 2.75) is 58.7 Å². The van der Waals surface area contributed by atoms with E-state index < -0.39 is 0 Å². The molecule has 2 heterocycles. The lowest BCUT2D eigenvalue weighted by Crippen LogP contribution is -2.36. The summed E-state index contributed by atoms with van der Waals surface area (Å²) in [5.41, 5.74) is 3.33. The predicted molar refractivity (Wildman–Crippen MR) is 119 cm³/mol. The molecule has 1 saturated heterocycles. The molecule has 1 unspecified atom stereocenters. The molecule has 1 aliphatic rings. The van der Waals surface area contributed by atoms with Crippen molar-refractivity contribution in [1.82, 2.24) is 15.6 Å². The van der Waals surface area contributed by atoms with Gasteiger partial charge in [0.1, 0.15) is 12.4 Å². The lowest BCUT2D eigenvalue weighted by atomic mass is 10.1. The Kier molecular flexibility index (Phi) is 7.89. The van der Waals surface area contributed by atoms with Gasteiger partial charge < -0.3 is 20.1 Å². The summed E-state index contributed by atoms with van der Waals surface area (Å²) in [7, 11) is 1.78. The van der Waals surface area contributed by atoms with E-state index in [9.17, 15) is 0 Å². The zero-order chi connectivity index (χ0) is 20.6. The average Bonchev–Trinajstić information content (AvgIpc) is 3.39. The van der Waals surface area contributed by atoms with Gasteiger partial charge in [-0.05, 0) is 31.4 Å². The van der Waals surface area contributed by atoms with Crippen LogP contribution in [0.5, 0.6) is 5.75 Å². The van der Waals surface area contributed by atoms with Crippen LogP contribution in [0.1, 0.15) is 54.4 Å². The molecule has 0 bridgehead atoms. The molecular weight excluding hydrogens is 384 g/mol. The predicted octanol–water partition coefficient (Wildman–Crippen LogP) is 4.00. The van der Waals surface area contributed by atoms with Gasteiger partial charge in [0.15, 0.2) is 5.96 Å². The summed E-state index contributed by atoms with van der Waals surface area (Å²) in [4.78, 5) is 8.99. The van der Waals surface area contributed by atoms with Crippen molar-refractivity contribution >= 4 is 17.3 Å². The van der Waals surface area contributed by atoms with Crippen molar-refractivity contribution in [3.8, 4) is 5.75 Å². The van der Waals surface area contributed by atoms with Gasteiger partial charge in [-0.15, -0.1) is 11.3 Å². The van der Waals surface area contributed by atoms with Crippen molar-refractivity contribution < 1.29 is 9.47 Å². The molecule has 1 aromatic carbocycles. The Morgan fingerprint density at radius 1 is 1.34 bits per heavy atom. The Bertz CT molecular complexity index is 813. The molecule has 0 aliphatic carbocycles. The molecular formula is C22H32N4O2S. The fraction of sp³-hybridized carbons (Fsp3) is 0.545. The molecule has 1 aliphatic heterocycles. The van der Waals surface area contributed by atoms with Crippen LogP contribution in [0.4, 0.5) is 0 Å². The van der Waals surface area contributed by atoms with E-state index in [1.807, 2.05) is 0 Å². The van der Waals surface area contributed by atoms with E-state index in [0.717, 1.165) is 47.4 Å². The third kappa shape index (κ3) is 6.44. The lowest BCUT2D eigenvalue weighted by molar-refractivity contribution is 0.0676. The second-order valence-electron chi connectivity index (χ2n) is 7.67. The number of thiazole rings is 1. The number of ether oxygens (including phenoxy) is 2. The summed E-state index contributed by atoms with van der Waals surface area (Å²) in [5.74, 6) is 2.11. The SMILES string of the molecule is CN=C(NCc1csc(C(C)C)n1)NCc1ccc(C)cc1OCC1CCCO1. The fourth-order valence-electron chi connectivity index (χ4n) is 3.14. The molecule has 6 nitrogen and oxygen atoms in total. The van der Waals surface area contributed by atoms with Crippen LogP contribution in [0.15, 0.2) is 28.6 Å². The number of nitrogens with zero attached hydrogens (tertiary/aromatic N) is 2. The van der Waals surface area contributed by atoms with Gasteiger partial charge in [0.25, 0.3) is 0 Å². The van der Waals surface area contributed by atoms with Gasteiger partial charge >= 0.3 is 0 Å². The van der Waals surface area contributed by atoms with Crippen molar-refractivity contribution in [2.24, 2.45) is 4.99 Å². The van der Waals surface area contributed by atoms with Gasteiger partial charge in [-0.25, -0.2) is 4.98 Å². The number of aliphatic imine (C=N–C) groups is 1. The molecule has 0 spiro atoms. The van der Waals surface area contributed by atoms with Crippen molar-refractivity contribution in [3.63, 3.8) is 0 Å². The van der Waals surface area contributed by atoms with E-state index in [1.165, 1.54) is 5.56 Å². The summed E-state index contributed by atoms with van der Waals surface area (Å²) in [6.07, 6.45) is 2.40. The van der Waals surface area contributed by atoms with E-state index in [4.69, 9.17) is 9.47 Å². The summed E-state index contributed by atoms with van der Waals surface area (Å²) < 4.78 is 11.8. The van der Waals surface area contributed by atoms with Crippen LogP contribution in [0.3, 0.4) is 0 Å². The van der Waals surface area contributed by atoms with Crippen LogP contribution in [-0.2, 0) is 17.8 Å². The highest BCUT2D eigenvalue weighted by Gasteiger charge is 2.17. The van der Waals surface area contributed by atoms with Crippen molar-refractivity contribution in [2.75, 3.05) is 20.3 Å². The maximum atomic E-state index is 6.09. The minimum atomic E-state index is 0.208. The lowest BCUT2D eigenvalue weighted by Gasteiger charge is -2.17. The van der Waals surface area contributed by atoms with Crippen LogP contribution >= 0.6 is 11.3 Å². The van der Waals surface area contributed by atoms with E-state index in [-0.39, 0.29) is 6.10 Å². The van der Waals surface area contributed by atoms with Gasteiger partial charge in [-0.1, -0.05) is 26.0 Å². The molecule has 29 heavy (non-hydrogen) atoms. The van der Waals surface area contributed by atoms with Crippen LogP contribution in [-0.4, -0.2) is 37.3 Å². The number of aryl methyl sites for hydroxylation is 1. The highest BCUT2D eigenvalue weighted by Crippen LogP contribution is 2.22. The quantitative estimate of drug-likeness (QED) is 0.503. The zero-order valence-electron chi connectivity index (χ0n) is 17.8. The Hall–Kier alpha value is -2.12. The number of rotatable bonds is 8. The molecule has 7 heteroatoms. The summed E-state index contributed by atoms with van der Waals surface area (Å²) in [5, 5.41) is 9.98. The first-order valence-electron chi connectivity index (χ1n) is 10.3. The van der Waals surface area contributed by atoms with Crippen LogP contribution in [0.2, 0.25) is 0 Å². The molecule has 1 atom stereocenters. The van der Waals surface area contributed by atoms with E-state index in [2.05, 4.69) is 65.0 Å². The first-order valence-corrected chi connectivity index (χ1v) is 11.2. The maximum Gasteiger partial charge on any atom is 0.191 e. The third-order valence-corrected chi connectivity index (χ3v) is 6.04. The molecule has 0 radical (unpaired) electrons. The second-order valence-corrected chi connectivity index (χ2v) is 8.56.